The van der Waals surface area contributed by atoms with Gasteiger partial charge < -0.3 is 29.8 Å². The van der Waals surface area contributed by atoms with Crippen LogP contribution in [0.25, 0.3) is 21.7 Å². The number of carboxylic acid groups (broad SMARTS) is 2. The van der Waals surface area contributed by atoms with Gasteiger partial charge in [-0.1, -0.05) is 30.3 Å². The van der Waals surface area contributed by atoms with Crippen LogP contribution in [0.2, 0.25) is 0 Å². The first-order valence-corrected chi connectivity index (χ1v) is 14.3. The molecule has 3 atom stereocenters. The number of H-pyrrole nitrogens is 1. The first kappa shape index (κ1) is 30.9. The van der Waals surface area contributed by atoms with Crippen LogP contribution in [0.5, 0.6) is 11.5 Å². The lowest BCUT2D eigenvalue weighted by atomic mass is 9.85. The number of nitrogens with one attached hydrogen (secondary N) is 1. The maximum Gasteiger partial charge on any atom is 0.303 e. The maximum atomic E-state index is 10.7. The molecule has 224 valence electrons. The van der Waals surface area contributed by atoms with Crippen LogP contribution in [0.3, 0.4) is 0 Å². The topological polar surface area (TPSA) is 132 Å². The summed E-state index contributed by atoms with van der Waals surface area (Å²) in [6, 6.07) is 21.6. The third-order valence-corrected chi connectivity index (χ3v) is 7.74. The average molecular weight is 577 g/mol. The van der Waals surface area contributed by atoms with Crippen LogP contribution < -0.4 is 9.47 Å². The molecule has 9 nitrogen and oxygen atoms in total. The number of hydrogen-bond donors (Lipinski definition) is 4. The van der Waals surface area contributed by atoms with Crippen molar-refractivity contribution < 1.29 is 34.4 Å². The number of aliphatic hydroxyl groups excluding tert-OH is 1. The number of fused-ring (bicyclic) bond motifs is 2. The molecule has 2 heterocycles. The second-order valence-electron chi connectivity index (χ2n) is 11.0. The van der Waals surface area contributed by atoms with E-state index in [9.17, 15) is 14.7 Å². The maximum absolute atomic E-state index is 10.7. The number of methoxy groups -OCH3 is 1. The third kappa shape index (κ3) is 8.24. The molecule has 0 aliphatic carbocycles. The summed E-state index contributed by atoms with van der Waals surface area (Å²) in [4.78, 5) is 25.0. The van der Waals surface area contributed by atoms with E-state index in [2.05, 4.69) is 53.2 Å². The Balaban J connectivity index is 0.000000446. The fourth-order valence-electron chi connectivity index (χ4n) is 5.53. The number of aliphatic hydroxyl groups is 1. The smallest absolute Gasteiger partial charge is 0.303 e. The van der Waals surface area contributed by atoms with Gasteiger partial charge in [0.1, 0.15) is 24.2 Å². The van der Waals surface area contributed by atoms with Crippen molar-refractivity contribution in [3.05, 3.63) is 71.9 Å². The normalized spacial score (nSPS) is 17.8. The van der Waals surface area contributed by atoms with Gasteiger partial charge in [-0.05, 0) is 85.8 Å². The number of ether oxygens (including phenoxy) is 2. The molecule has 4 N–H and O–H groups in total. The fraction of sp³-hybridized carbons (Fsp3) is 0.394. The Morgan fingerprint density at radius 2 is 1.74 bits per heavy atom. The molecule has 0 unspecified atom stereocenters. The number of benzene rings is 3. The molecule has 0 spiro atoms. The quantitative estimate of drug-likeness (QED) is 0.192. The molecule has 1 aliphatic rings. The molecule has 0 amide bonds. The van der Waals surface area contributed by atoms with E-state index < -0.39 is 18.0 Å². The largest absolute Gasteiger partial charge is 0.497 e. The van der Waals surface area contributed by atoms with Gasteiger partial charge in [0, 0.05) is 29.2 Å². The highest BCUT2D eigenvalue weighted by Crippen LogP contribution is 2.34. The summed E-state index contributed by atoms with van der Waals surface area (Å²) in [6.07, 6.45) is 1.08. The molecule has 0 bridgehead atoms. The summed E-state index contributed by atoms with van der Waals surface area (Å²) in [5, 5.41) is 30.0. The van der Waals surface area contributed by atoms with Crippen LogP contribution >= 0.6 is 0 Å². The minimum Gasteiger partial charge on any atom is -0.497 e. The predicted octanol–water partition coefficient (Wildman–Crippen LogP) is 5.58. The summed E-state index contributed by atoms with van der Waals surface area (Å²) < 4.78 is 11.4. The fourth-order valence-corrected chi connectivity index (χ4v) is 5.53. The second kappa shape index (κ2) is 14.2. The van der Waals surface area contributed by atoms with Gasteiger partial charge in [-0.3, -0.25) is 14.5 Å². The van der Waals surface area contributed by atoms with E-state index >= 15 is 0 Å². The summed E-state index contributed by atoms with van der Waals surface area (Å²) in [5.74, 6) is 0.103. The van der Waals surface area contributed by atoms with E-state index in [0.29, 0.717) is 25.1 Å². The van der Waals surface area contributed by atoms with Gasteiger partial charge in [0.25, 0.3) is 0 Å². The van der Waals surface area contributed by atoms with Crippen molar-refractivity contribution in [3.63, 3.8) is 0 Å². The van der Waals surface area contributed by atoms with E-state index in [4.69, 9.17) is 19.7 Å². The summed E-state index contributed by atoms with van der Waals surface area (Å²) in [5.41, 5.74) is 3.57. The zero-order chi connectivity index (χ0) is 30.2. The minimum absolute atomic E-state index is 0.296. The molecule has 1 aliphatic heterocycles. The summed E-state index contributed by atoms with van der Waals surface area (Å²) >= 11 is 0. The Kier molecular flexibility index (Phi) is 10.4. The van der Waals surface area contributed by atoms with Crippen molar-refractivity contribution in [3.8, 4) is 11.5 Å². The van der Waals surface area contributed by atoms with Gasteiger partial charge in [-0.15, -0.1) is 0 Å². The van der Waals surface area contributed by atoms with Crippen LogP contribution in [-0.2, 0) is 9.59 Å². The molecular weight excluding hydrogens is 536 g/mol. The van der Waals surface area contributed by atoms with Gasteiger partial charge >= 0.3 is 11.9 Å². The molecule has 9 heteroatoms. The van der Waals surface area contributed by atoms with Crippen molar-refractivity contribution in [1.82, 2.24) is 9.88 Å². The lowest BCUT2D eigenvalue weighted by Crippen LogP contribution is -2.45. The van der Waals surface area contributed by atoms with E-state index in [1.165, 1.54) is 16.3 Å². The standard InChI is InChI=1S/C29H34N2O3.C4H6O4/c1-19-13-27-28(30-19)5-4-6-29(27)34-18-25(32)17-31-12-11-24(14-20(31)2)21-7-8-23-16-26(33-3)10-9-22(23)15-21;5-3(6)1-2-4(7)8/h4-10,13,15-16,20,24-25,30,32H,11-12,14,17-18H2,1-3H3;1-2H2,(H,5,6)(H,7,8)/t20-,24-,25+;/m1./s1. The number of hydrogen-bond acceptors (Lipinski definition) is 6. The highest BCUT2D eigenvalue weighted by atomic mass is 16.5. The van der Waals surface area contributed by atoms with Gasteiger partial charge in [-0.25, -0.2) is 0 Å². The van der Waals surface area contributed by atoms with Crippen molar-refractivity contribution in [2.75, 3.05) is 26.8 Å². The van der Waals surface area contributed by atoms with E-state index in [0.717, 1.165) is 47.5 Å². The molecule has 5 rings (SSSR count). The number of carboxylic acids is 2. The number of aliphatic carboxylic acids is 2. The molecule has 42 heavy (non-hydrogen) atoms. The SMILES string of the molecule is COc1ccc2cc([C@@H]3CCN(C[C@H](O)COc4cccc5[nH]c(C)cc45)[C@H](C)C3)ccc2c1.O=C(O)CCC(=O)O. The molecule has 0 radical (unpaired) electrons. The zero-order valence-corrected chi connectivity index (χ0v) is 24.4. The van der Waals surface area contributed by atoms with Crippen molar-refractivity contribution in [1.29, 1.82) is 0 Å². The number of aromatic amines is 1. The Hall–Kier alpha value is -4.08. The first-order chi connectivity index (χ1) is 20.1. The Morgan fingerprint density at radius 3 is 2.43 bits per heavy atom. The first-order valence-electron chi connectivity index (χ1n) is 14.3. The number of aromatic nitrogens is 1. The van der Waals surface area contributed by atoms with Gasteiger partial charge in [0.05, 0.1) is 20.0 Å². The summed E-state index contributed by atoms with van der Waals surface area (Å²) in [7, 11) is 1.71. The van der Waals surface area contributed by atoms with Crippen LogP contribution in [0.4, 0.5) is 0 Å². The molecular formula is C33H40N2O7. The molecule has 1 fully saturated rings. The molecule has 1 aromatic heterocycles. The molecule has 0 saturated carbocycles. The monoisotopic (exact) mass is 576 g/mol. The molecule has 1 saturated heterocycles. The zero-order valence-electron chi connectivity index (χ0n) is 24.4. The number of β-amino-alcohol motifs (C(OH)–C–C–N with tert-alkyl or cyclic N) is 1. The number of nitrogens with zero attached hydrogens (tertiary/aromatic N) is 1. The van der Waals surface area contributed by atoms with E-state index in [-0.39, 0.29) is 12.8 Å². The van der Waals surface area contributed by atoms with E-state index in [1.54, 1.807) is 7.11 Å². The summed E-state index contributed by atoms with van der Waals surface area (Å²) in [6.45, 7) is 6.22. The van der Waals surface area contributed by atoms with Gasteiger partial charge in [0.2, 0.25) is 0 Å². The number of likely N-dealkylation sites (tertiary alicyclic amines) is 1. The van der Waals surface area contributed by atoms with Crippen molar-refractivity contribution in [2.24, 2.45) is 0 Å². The van der Waals surface area contributed by atoms with Crippen LogP contribution in [0, 0.1) is 6.92 Å². The molecule has 3 aromatic carbocycles. The van der Waals surface area contributed by atoms with E-state index in [1.807, 2.05) is 31.2 Å². The van der Waals surface area contributed by atoms with Crippen LogP contribution in [-0.4, -0.2) is 76.1 Å². The Morgan fingerprint density at radius 1 is 1.02 bits per heavy atom. The highest BCUT2D eigenvalue weighted by molar-refractivity contribution is 5.86. The van der Waals surface area contributed by atoms with Crippen molar-refractivity contribution in [2.45, 2.75) is 57.6 Å². The van der Waals surface area contributed by atoms with Gasteiger partial charge in [-0.2, -0.15) is 0 Å². The third-order valence-electron chi connectivity index (χ3n) is 7.74. The molecule has 4 aromatic rings. The van der Waals surface area contributed by atoms with Crippen LogP contribution in [0.15, 0.2) is 60.7 Å². The van der Waals surface area contributed by atoms with Gasteiger partial charge in [0.15, 0.2) is 0 Å². The predicted molar refractivity (Wildman–Crippen MR) is 163 cm³/mol. The minimum atomic E-state index is -1.08. The number of aryl methyl sites for hydroxylation is 1. The number of piperidine rings is 1. The average Bonchev–Trinajstić information content (AvgIpc) is 3.36. The number of rotatable bonds is 10. The Bertz CT molecular complexity index is 1500. The van der Waals surface area contributed by atoms with Crippen LogP contribution in [0.1, 0.15) is 49.8 Å². The Labute approximate surface area is 245 Å². The van der Waals surface area contributed by atoms with Crippen molar-refractivity contribution >= 4 is 33.6 Å². The number of carbonyl (C=O) groups is 2. The lowest BCUT2D eigenvalue weighted by Gasteiger charge is -2.39. The highest BCUT2D eigenvalue weighted by Gasteiger charge is 2.28. The lowest BCUT2D eigenvalue weighted by molar-refractivity contribution is -0.143. The second-order valence-corrected chi connectivity index (χ2v) is 11.0.